The maximum absolute atomic E-state index is 13.6. The predicted molar refractivity (Wildman–Crippen MR) is 131 cm³/mol. The van der Waals surface area contributed by atoms with Gasteiger partial charge in [0.1, 0.15) is 5.69 Å². The molecule has 2 aromatic heterocycles. The minimum absolute atomic E-state index is 0.00609. The van der Waals surface area contributed by atoms with Crippen LogP contribution in [0.3, 0.4) is 0 Å². The predicted octanol–water partition coefficient (Wildman–Crippen LogP) is 4.65. The molecule has 0 unspecified atom stereocenters. The SMILES string of the molecule is COC(=O)c1cc(-c2nc(Nc3cccc4c3OC(F)(F)O4)ncc2C)cn1S(=O)(=O)c1ccc(C)cc1. The Morgan fingerprint density at radius 3 is 2.55 bits per heavy atom. The van der Waals surface area contributed by atoms with Crippen LogP contribution in [0.5, 0.6) is 11.5 Å². The lowest BCUT2D eigenvalue weighted by Gasteiger charge is -2.10. The van der Waals surface area contributed by atoms with E-state index in [4.69, 9.17) is 4.74 Å². The van der Waals surface area contributed by atoms with Crippen molar-refractivity contribution in [3.63, 3.8) is 0 Å². The second-order valence-corrected chi connectivity index (χ2v) is 10.2. The van der Waals surface area contributed by atoms with Gasteiger partial charge in [-0.1, -0.05) is 23.8 Å². The Kier molecular flexibility index (Phi) is 6.02. The van der Waals surface area contributed by atoms with Crippen LogP contribution in [0.15, 0.2) is 65.8 Å². The van der Waals surface area contributed by atoms with Gasteiger partial charge in [0.05, 0.1) is 23.4 Å². The topological polar surface area (TPSA) is 122 Å². The average Bonchev–Trinajstić information content (AvgIpc) is 3.46. The largest absolute Gasteiger partial charge is 0.586 e. The van der Waals surface area contributed by atoms with Gasteiger partial charge in [0.25, 0.3) is 10.0 Å². The zero-order chi connectivity index (χ0) is 27.2. The van der Waals surface area contributed by atoms with Crippen molar-refractivity contribution in [3.05, 3.63) is 77.7 Å². The lowest BCUT2D eigenvalue weighted by molar-refractivity contribution is -0.286. The number of aryl methyl sites for hydroxylation is 2. The van der Waals surface area contributed by atoms with Crippen LogP contribution in [0.2, 0.25) is 0 Å². The highest BCUT2D eigenvalue weighted by Crippen LogP contribution is 2.46. The first kappa shape index (κ1) is 25.1. The number of carbonyl (C=O) groups is 1. The van der Waals surface area contributed by atoms with Crippen molar-refractivity contribution in [1.29, 1.82) is 0 Å². The van der Waals surface area contributed by atoms with Crippen molar-refractivity contribution in [3.8, 4) is 22.8 Å². The number of fused-ring (bicyclic) bond motifs is 1. The number of halogens is 2. The molecular formula is C25H20F2N4O6S. The minimum Gasteiger partial charge on any atom is -0.464 e. The normalized spacial score (nSPS) is 13.8. The third-order valence-corrected chi connectivity index (χ3v) is 7.37. The summed E-state index contributed by atoms with van der Waals surface area (Å²) in [4.78, 5) is 21.1. The number of nitrogens with one attached hydrogen (secondary N) is 1. The van der Waals surface area contributed by atoms with Gasteiger partial charge < -0.3 is 19.5 Å². The van der Waals surface area contributed by atoms with E-state index in [2.05, 4.69) is 24.8 Å². The molecule has 4 aromatic rings. The van der Waals surface area contributed by atoms with Crippen molar-refractivity contribution in [2.75, 3.05) is 12.4 Å². The number of rotatable bonds is 6. The molecule has 10 nitrogen and oxygen atoms in total. The standard InChI is InChI=1S/C25H20F2N4O6S/c1-14-7-9-17(10-8-14)38(33,34)31-13-16(11-19(31)23(32)35-3)21-15(2)12-28-24(30-21)29-18-5-4-6-20-22(18)37-25(26,27)36-20/h4-13H,1-3H3,(H,28,29,30). The molecule has 1 aliphatic rings. The van der Waals surface area contributed by atoms with Gasteiger partial charge in [0, 0.05) is 18.0 Å². The van der Waals surface area contributed by atoms with Gasteiger partial charge >= 0.3 is 12.3 Å². The van der Waals surface area contributed by atoms with E-state index in [0.717, 1.165) is 16.6 Å². The third kappa shape index (κ3) is 4.52. The summed E-state index contributed by atoms with van der Waals surface area (Å²) in [6.45, 7) is 3.52. The Hall–Kier alpha value is -4.52. The van der Waals surface area contributed by atoms with E-state index in [1.807, 2.05) is 6.92 Å². The van der Waals surface area contributed by atoms with Crippen molar-refractivity contribution in [2.24, 2.45) is 0 Å². The summed E-state index contributed by atoms with van der Waals surface area (Å²) in [6.07, 6.45) is -1.09. The molecule has 13 heteroatoms. The number of hydrogen-bond donors (Lipinski definition) is 1. The van der Waals surface area contributed by atoms with E-state index >= 15 is 0 Å². The molecule has 1 aliphatic heterocycles. The van der Waals surface area contributed by atoms with E-state index in [1.165, 1.54) is 48.8 Å². The van der Waals surface area contributed by atoms with E-state index < -0.39 is 22.3 Å². The van der Waals surface area contributed by atoms with Crippen molar-refractivity contribution >= 4 is 27.6 Å². The molecular weight excluding hydrogens is 522 g/mol. The molecule has 3 heterocycles. The summed E-state index contributed by atoms with van der Waals surface area (Å²) in [5, 5.41) is 2.82. The van der Waals surface area contributed by atoms with E-state index in [0.29, 0.717) is 11.3 Å². The maximum atomic E-state index is 13.6. The van der Waals surface area contributed by atoms with Crippen molar-refractivity contribution < 1.29 is 36.2 Å². The first-order valence-electron chi connectivity index (χ1n) is 11.1. The van der Waals surface area contributed by atoms with Gasteiger partial charge in [-0.15, -0.1) is 8.78 Å². The van der Waals surface area contributed by atoms with Crippen LogP contribution in [0.4, 0.5) is 20.4 Å². The number of aromatic nitrogens is 3. The number of benzene rings is 2. The zero-order valence-corrected chi connectivity index (χ0v) is 21.0. The fraction of sp³-hybridized carbons (Fsp3) is 0.160. The Bertz CT molecular complexity index is 1670. The molecule has 0 aliphatic carbocycles. The summed E-state index contributed by atoms with van der Waals surface area (Å²) >= 11 is 0. The molecule has 1 N–H and O–H groups in total. The van der Waals surface area contributed by atoms with Gasteiger partial charge in [-0.2, -0.15) is 0 Å². The molecule has 0 radical (unpaired) electrons. The minimum atomic E-state index is -4.16. The first-order chi connectivity index (χ1) is 18.0. The lowest BCUT2D eigenvalue weighted by Crippen LogP contribution is -2.26. The van der Waals surface area contributed by atoms with E-state index in [-0.39, 0.29) is 39.3 Å². The van der Waals surface area contributed by atoms with Gasteiger partial charge in [-0.05, 0) is 49.7 Å². The fourth-order valence-corrected chi connectivity index (χ4v) is 5.18. The highest BCUT2D eigenvalue weighted by atomic mass is 32.2. The smallest absolute Gasteiger partial charge is 0.464 e. The molecule has 5 rings (SSSR count). The first-order valence-corrected chi connectivity index (χ1v) is 12.6. The number of ether oxygens (including phenoxy) is 3. The molecule has 2 aromatic carbocycles. The van der Waals surface area contributed by atoms with Crippen LogP contribution in [0, 0.1) is 13.8 Å². The van der Waals surface area contributed by atoms with E-state index in [9.17, 15) is 22.0 Å². The monoisotopic (exact) mass is 542 g/mol. The number of nitrogens with zero attached hydrogens (tertiary/aromatic N) is 3. The average molecular weight is 543 g/mol. The molecule has 0 fully saturated rings. The Balaban J connectivity index is 1.56. The summed E-state index contributed by atoms with van der Waals surface area (Å²) in [5.74, 6) is -1.23. The highest BCUT2D eigenvalue weighted by molar-refractivity contribution is 7.90. The second-order valence-electron chi connectivity index (χ2n) is 8.37. The number of carbonyl (C=O) groups excluding carboxylic acids is 1. The quantitative estimate of drug-likeness (QED) is 0.347. The van der Waals surface area contributed by atoms with Gasteiger partial charge in [0.2, 0.25) is 5.95 Å². The van der Waals surface area contributed by atoms with E-state index in [1.54, 1.807) is 19.1 Å². The summed E-state index contributed by atoms with van der Waals surface area (Å²) in [7, 11) is -3.02. The highest BCUT2D eigenvalue weighted by Gasteiger charge is 2.44. The van der Waals surface area contributed by atoms with Gasteiger partial charge in [-0.3, -0.25) is 0 Å². The van der Waals surface area contributed by atoms with Crippen LogP contribution in [0.1, 0.15) is 21.6 Å². The molecule has 38 heavy (non-hydrogen) atoms. The lowest BCUT2D eigenvalue weighted by atomic mass is 10.1. The van der Waals surface area contributed by atoms with Crippen LogP contribution in [-0.2, 0) is 14.8 Å². The van der Waals surface area contributed by atoms with Crippen molar-refractivity contribution in [2.45, 2.75) is 25.0 Å². The molecule has 0 bridgehead atoms. The number of alkyl halides is 2. The molecule has 0 amide bonds. The Morgan fingerprint density at radius 1 is 1.11 bits per heavy atom. The van der Waals surface area contributed by atoms with Crippen molar-refractivity contribution in [1.82, 2.24) is 13.9 Å². The third-order valence-electron chi connectivity index (χ3n) is 5.68. The summed E-state index contributed by atoms with van der Waals surface area (Å²) in [6, 6.07) is 11.8. The zero-order valence-electron chi connectivity index (χ0n) is 20.2. The fourth-order valence-electron chi connectivity index (χ4n) is 3.83. The number of anilines is 2. The van der Waals surface area contributed by atoms with Gasteiger partial charge in [-0.25, -0.2) is 27.2 Å². The summed E-state index contributed by atoms with van der Waals surface area (Å²) in [5.41, 5.74) is 1.90. The van der Waals surface area contributed by atoms with Gasteiger partial charge in [0.15, 0.2) is 11.5 Å². The number of hydrogen-bond acceptors (Lipinski definition) is 9. The van der Waals surface area contributed by atoms with Crippen LogP contribution >= 0.6 is 0 Å². The number of methoxy groups -OCH3 is 1. The molecule has 0 saturated carbocycles. The number of para-hydroxylation sites is 1. The van der Waals surface area contributed by atoms with Crippen LogP contribution < -0.4 is 14.8 Å². The Labute approximate surface area is 215 Å². The molecule has 196 valence electrons. The van der Waals surface area contributed by atoms with Crippen LogP contribution in [0.25, 0.3) is 11.3 Å². The molecule has 0 saturated heterocycles. The maximum Gasteiger partial charge on any atom is 0.586 e. The molecule has 0 atom stereocenters. The Morgan fingerprint density at radius 2 is 1.84 bits per heavy atom. The van der Waals surface area contributed by atoms with Crippen LogP contribution in [-0.4, -0.2) is 41.7 Å². The second kappa shape index (κ2) is 9.10. The molecule has 0 spiro atoms. The number of esters is 1. The summed E-state index contributed by atoms with van der Waals surface area (Å²) < 4.78 is 68.7.